The second-order valence-corrected chi connectivity index (χ2v) is 6.56. The zero-order valence-corrected chi connectivity index (χ0v) is 12.2. The summed E-state index contributed by atoms with van der Waals surface area (Å²) in [6.45, 7) is 4.68. The fourth-order valence-electron chi connectivity index (χ4n) is 2.96. The monoisotopic (exact) mass is 270 g/mol. The van der Waals surface area contributed by atoms with Crippen molar-refractivity contribution in [2.24, 2.45) is 5.41 Å². The molecule has 1 aliphatic carbocycles. The fourth-order valence-corrected chi connectivity index (χ4v) is 2.96. The Morgan fingerprint density at radius 3 is 2.65 bits per heavy atom. The van der Waals surface area contributed by atoms with Gasteiger partial charge in [-0.15, -0.1) is 0 Å². The zero-order chi connectivity index (χ0) is 14.2. The first-order valence-electron chi connectivity index (χ1n) is 7.34. The number of nitrogen functional groups attached to an aromatic ring is 1. The van der Waals surface area contributed by atoms with Gasteiger partial charge in [-0.05, 0) is 49.3 Å². The van der Waals surface area contributed by atoms with E-state index in [1.165, 1.54) is 12.8 Å². The summed E-state index contributed by atoms with van der Waals surface area (Å²) in [6, 6.07) is 5.84. The third-order valence-electron chi connectivity index (χ3n) is 4.39. The molecule has 0 saturated heterocycles. The lowest BCUT2D eigenvalue weighted by Gasteiger charge is -2.34. The molecule has 20 heavy (non-hydrogen) atoms. The average molecular weight is 270 g/mol. The molecule has 0 atom stereocenters. The highest BCUT2D eigenvalue weighted by atomic mass is 16.5. The largest absolute Gasteiger partial charge is 0.490 e. The van der Waals surface area contributed by atoms with Crippen LogP contribution in [0.1, 0.15) is 39.5 Å². The Morgan fingerprint density at radius 1 is 1.15 bits per heavy atom. The lowest BCUT2D eigenvalue weighted by atomic mass is 9.76. The van der Waals surface area contributed by atoms with E-state index >= 15 is 0 Å². The Bertz CT molecular complexity index is 611. The first-order chi connectivity index (χ1) is 9.55. The number of aromatic nitrogens is 1. The van der Waals surface area contributed by atoms with Gasteiger partial charge in [0.1, 0.15) is 5.75 Å². The molecule has 3 rings (SSSR count). The molecule has 1 saturated carbocycles. The number of rotatable bonds is 2. The first-order valence-corrected chi connectivity index (χ1v) is 7.34. The molecule has 3 nitrogen and oxygen atoms in total. The van der Waals surface area contributed by atoms with Crippen LogP contribution in [0.4, 0.5) is 5.69 Å². The lowest BCUT2D eigenvalue weighted by Crippen LogP contribution is -2.28. The van der Waals surface area contributed by atoms with Gasteiger partial charge in [-0.25, -0.2) is 0 Å². The normalized spacial score (nSPS) is 19.1. The van der Waals surface area contributed by atoms with Gasteiger partial charge in [0.2, 0.25) is 0 Å². The second-order valence-electron chi connectivity index (χ2n) is 6.56. The van der Waals surface area contributed by atoms with Crippen molar-refractivity contribution in [3.8, 4) is 5.75 Å². The fraction of sp³-hybridized carbons (Fsp3) is 0.471. The van der Waals surface area contributed by atoms with Crippen LogP contribution in [0.3, 0.4) is 0 Å². The molecule has 1 aliphatic rings. The quantitative estimate of drug-likeness (QED) is 0.833. The van der Waals surface area contributed by atoms with Crippen LogP contribution < -0.4 is 10.5 Å². The molecule has 0 bridgehead atoms. The molecule has 1 aromatic carbocycles. The Balaban J connectivity index is 1.83. The van der Waals surface area contributed by atoms with Crippen molar-refractivity contribution < 1.29 is 4.74 Å². The van der Waals surface area contributed by atoms with Crippen molar-refractivity contribution in [3.63, 3.8) is 0 Å². The number of hydrogen-bond donors (Lipinski definition) is 1. The van der Waals surface area contributed by atoms with Gasteiger partial charge in [0.15, 0.2) is 0 Å². The van der Waals surface area contributed by atoms with E-state index in [4.69, 9.17) is 10.5 Å². The predicted octanol–water partition coefficient (Wildman–Crippen LogP) is 4.16. The standard InChI is InChI=1S/C17H22N2O/c1-17(2)8-5-12(6-9-17)20-16-4-3-15(18)13-7-10-19-11-14(13)16/h3-4,7,10-12H,5-6,8-9,18H2,1-2H3. The van der Waals surface area contributed by atoms with Crippen molar-refractivity contribution in [1.29, 1.82) is 0 Å². The number of nitrogens with two attached hydrogens (primary N) is 1. The maximum atomic E-state index is 6.22. The number of benzene rings is 1. The molecular formula is C17H22N2O. The minimum absolute atomic E-state index is 0.315. The van der Waals surface area contributed by atoms with Crippen molar-refractivity contribution >= 4 is 16.5 Å². The number of fused-ring (bicyclic) bond motifs is 1. The molecule has 1 fully saturated rings. The lowest BCUT2D eigenvalue weighted by molar-refractivity contribution is 0.100. The molecular weight excluding hydrogens is 248 g/mol. The van der Waals surface area contributed by atoms with Crippen LogP contribution >= 0.6 is 0 Å². The average Bonchev–Trinajstić information content (AvgIpc) is 2.44. The van der Waals surface area contributed by atoms with E-state index in [0.717, 1.165) is 35.1 Å². The van der Waals surface area contributed by atoms with Gasteiger partial charge in [0.25, 0.3) is 0 Å². The molecule has 106 valence electrons. The van der Waals surface area contributed by atoms with E-state index in [1.807, 2.05) is 24.4 Å². The SMILES string of the molecule is CC1(C)CCC(Oc2ccc(N)c3ccncc23)CC1. The molecule has 2 aromatic rings. The van der Waals surface area contributed by atoms with Crippen molar-refractivity contribution in [2.75, 3.05) is 5.73 Å². The zero-order valence-electron chi connectivity index (χ0n) is 12.2. The minimum Gasteiger partial charge on any atom is -0.490 e. The molecule has 0 aliphatic heterocycles. The van der Waals surface area contributed by atoms with Gasteiger partial charge in [-0.1, -0.05) is 13.8 Å². The number of ether oxygens (including phenoxy) is 1. The van der Waals surface area contributed by atoms with E-state index in [1.54, 1.807) is 6.20 Å². The molecule has 2 N–H and O–H groups in total. The van der Waals surface area contributed by atoms with Crippen LogP contribution in [-0.2, 0) is 0 Å². The molecule has 0 amide bonds. The predicted molar refractivity (Wildman–Crippen MR) is 82.8 cm³/mol. The van der Waals surface area contributed by atoms with Gasteiger partial charge >= 0.3 is 0 Å². The molecule has 0 spiro atoms. The molecule has 3 heteroatoms. The van der Waals surface area contributed by atoms with Crippen molar-refractivity contribution in [1.82, 2.24) is 4.98 Å². The maximum absolute atomic E-state index is 6.22. The van der Waals surface area contributed by atoms with Gasteiger partial charge in [0, 0.05) is 28.9 Å². The Labute approximate surface area is 120 Å². The molecule has 1 aromatic heterocycles. The van der Waals surface area contributed by atoms with Gasteiger partial charge in [-0.3, -0.25) is 4.98 Å². The first kappa shape index (κ1) is 13.2. The van der Waals surface area contributed by atoms with Crippen LogP contribution in [0.25, 0.3) is 10.8 Å². The Hall–Kier alpha value is -1.77. The van der Waals surface area contributed by atoms with Crippen LogP contribution in [0.5, 0.6) is 5.75 Å². The highest BCUT2D eigenvalue weighted by molar-refractivity contribution is 5.96. The van der Waals surface area contributed by atoms with E-state index in [0.29, 0.717) is 11.5 Å². The van der Waals surface area contributed by atoms with E-state index in [2.05, 4.69) is 18.8 Å². The number of hydrogen-bond acceptors (Lipinski definition) is 3. The summed E-state index contributed by atoms with van der Waals surface area (Å²) in [4.78, 5) is 4.20. The Morgan fingerprint density at radius 2 is 1.90 bits per heavy atom. The van der Waals surface area contributed by atoms with Gasteiger partial charge in [0.05, 0.1) is 6.10 Å². The van der Waals surface area contributed by atoms with E-state index < -0.39 is 0 Å². The van der Waals surface area contributed by atoms with Crippen LogP contribution in [0.15, 0.2) is 30.6 Å². The molecule has 0 unspecified atom stereocenters. The highest BCUT2D eigenvalue weighted by Gasteiger charge is 2.28. The van der Waals surface area contributed by atoms with Crippen molar-refractivity contribution in [3.05, 3.63) is 30.6 Å². The summed E-state index contributed by atoms with van der Waals surface area (Å²) >= 11 is 0. The molecule has 0 radical (unpaired) electrons. The van der Waals surface area contributed by atoms with Gasteiger partial charge < -0.3 is 10.5 Å². The minimum atomic E-state index is 0.315. The smallest absolute Gasteiger partial charge is 0.129 e. The van der Waals surface area contributed by atoms with Crippen LogP contribution in [-0.4, -0.2) is 11.1 Å². The number of pyridine rings is 1. The number of nitrogens with zero attached hydrogens (tertiary/aromatic N) is 1. The molecule has 1 heterocycles. The van der Waals surface area contributed by atoms with Gasteiger partial charge in [-0.2, -0.15) is 0 Å². The summed E-state index contributed by atoms with van der Waals surface area (Å²) in [7, 11) is 0. The van der Waals surface area contributed by atoms with Crippen LogP contribution in [0, 0.1) is 5.41 Å². The highest BCUT2D eigenvalue weighted by Crippen LogP contribution is 2.38. The second kappa shape index (κ2) is 4.97. The third-order valence-corrected chi connectivity index (χ3v) is 4.39. The summed E-state index contributed by atoms with van der Waals surface area (Å²) < 4.78 is 6.22. The summed E-state index contributed by atoms with van der Waals surface area (Å²) in [5.74, 6) is 0.909. The van der Waals surface area contributed by atoms with Crippen molar-refractivity contribution in [2.45, 2.75) is 45.6 Å². The Kier molecular flexibility index (Phi) is 3.28. The summed E-state index contributed by atoms with van der Waals surface area (Å²) in [5, 5.41) is 2.03. The van der Waals surface area contributed by atoms with E-state index in [9.17, 15) is 0 Å². The maximum Gasteiger partial charge on any atom is 0.129 e. The summed E-state index contributed by atoms with van der Waals surface area (Å²) in [6.07, 6.45) is 8.62. The number of anilines is 1. The summed E-state index contributed by atoms with van der Waals surface area (Å²) in [5.41, 5.74) is 7.25. The topological polar surface area (TPSA) is 48.1 Å². The van der Waals surface area contributed by atoms with Crippen LogP contribution in [0.2, 0.25) is 0 Å². The third kappa shape index (κ3) is 2.58. The van der Waals surface area contributed by atoms with E-state index in [-0.39, 0.29) is 0 Å².